The van der Waals surface area contributed by atoms with Crippen molar-refractivity contribution in [2.75, 3.05) is 0 Å². The summed E-state index contributed by atoms with van der Waals surface area (Å²) in [4.78, 5) is 0. The lowest BCUT2D eigenvalue weighted by Gasteiger charge is -2.17. The molecule has 13 heavy (non-hydrogen) atoms. The van der Waals surface area contributed by atoms with Crippen LogP contribution in [0.4, 0.5) is 0 Å². The fraction of sp³-hybridized carbons (Fsp3) is 0.600. The van der Waals surface area contributed by atoms with Crippen LogP contribution in [0.3, 0.4) is 0 Å². The average molecular weight is 218 g/mol. The fourth-order valence-electron chi connectivity index (χ4n) is 2.05. The second-order valence-electron chi connectivity index (χ2n) is 3.63. The molecule has 0 bridgehead atoms. The second-order valence-corrected chi connectivity index (χ2v) is 4.41. The quantitative estimate of drug-likeness (QED) is 0.808. The summed E-state index contributed by atoms with van der Waals surface area (Å²) < 4.78 is 0. The SMILES string of the molecule is Cl.N[C@@H](c1ccsc1)C1CCCC1. The highest BCUT2D eigenvalue weighted by Crippen LogP contribution is 2.34. The van der Waals surface area contributed by atoms with Gasteiger partial charge in [0.1, 0.15) is 0 Å². The first-order valence-corrected chi connectivity index (χ1v) is 5.60. The maximum atomic E-state index is 6.15. The van der Waals surface area contributed by atoms with Gasteiger partial charge in [0.05, 0.1) is 0 Å². The molecule has 0 aliphatic heterocycles. The minimum Gasteiger partial charge on any atom is -0.324 e. The van der Waals surface area contributed by atoms with Crippen LogP contribution >= 0.6 is 23.7 Å². The highest BCUT2D eigenvalue weighted by molar-refractivity contribution is 7.07. The summed E-state index contributed by atoms with van der Waals surface area (Å²) in [5, 5.41) is 4.30. The molecule has 1 saturated carbocycles. The van der Waals surface area contributed by atoms with Crippen LogP contribution < -0.4 is 5.73 Å². The third kappa shape index (κ3) is 2.46. The van der Waals surface area contributed by atoms with Gasteiger partial charge in [-0.25, -0.2) is 0 Å². The lowest BCUT2D eigenvalue weighted by Crippen LogP contribution is -2.18. The molecule has 0 spiro atoms. The standard InChI is InChI=1S/C10H15NS.ClH/c11-10(8-3-1-2-4-8)9-5-6-12-7-9;/h5-8,10H,1-4,11H2;1H/t10-;/m1./s1. The van der Waals surface area contributed by atoms with Crippen molar-refractivity contribution >= 4 is 23.7 Å². The van der Waals surface area contributed by atoms with Gasteiger partial charge in [0.2, 0.25) is 0 Å². The molecule has 74 valence electrons. The molecule has 1 nitrogen and oxygen atoms in total. The topological polar surface area (TPSA) is 26.0 Å². The number of hydrogen-bond donors (Lipinski definition) is 1. The zero-order valence-corrected chi connectivity index (χ0v) is 9.24. The van der Waals surface area contributed by atoms with E-state index in [1.807, 2.05) is 0 Å². The Hall–Kier alpha value is -0.0500. The first-order valence-electron chi connectivity index (χ1n) is 4.65. The van der Waals surface area contributed by atoms with Gasteiger partial charge in [0.15, 0.2) is 0 Å². The molecule has 0 unspecified atom stereocenters. The summed E-state index contributed by atoms with van der Waals surface area (Å²) in [6.45, 7) is 0. The third-order valence-electron chi connectivity index (χ3n) is 2.84. The Morgan fingerprint density at radius 1 is 1.38 bits per heavy atom. The molecule has 2 N–H and O–H groups in total. The Morgan fingerprint density at radius 2 is 2.08 bits per heavy atom. The van der Waals surface area contributed by atoms with Gasteiger partial charge in [-0.1, -0.05) is 12.8 Å². The largest absolute Gasteiger partial charge is 0.324 e. The molecule has 1 atom stereocenters. The van der Waals surface area contributed by atoms with Gasteiger partial charge in [-0.3, -0.25) is 0 Å². The molecule has 0 saturated heterocycles. The molecular formula is C10H16ClNS. The fourth-order valence-corrected chi connectivity index (χ4v) is 2.76. The molecule has 0 amide bonds. The molecule has 1 aliphatic carbocycles. The first-order chi connectivity index (χ1) is 5.88. The molecule has 0 radical (unpaired) electrons. The van der Waals surface area contributed by atoms with Crippen molar-refractivity contribution < 1.29 is 0 Å². The predicted molar refractivity (Wildman–Crippen MR) is 60.5 cm³/mol. The Labute approximate surface area is 89.7 Å². The maximum absolute atomic E-state index is 6.15. The molecule has 1 heterocycles. The average Bonchev–Trinajstić information content (AvgIpc) is 2.77. The highest BCUT2D eigenvalue weighted by atomic mass is 35.5. The lowest BCUT2D eigenvalue weighted by atomic mass is 9.94. The van der Waals surface area contributed by atoms with Crippen molar-refractivity contribution in [3.63, 3.8) is 0 Å². The van der Waals surface area contributed by atoms with Crippen LogP contribution in [0.2, 0.25) is 0 Å². The van der Waals surface area contributed by atoms with Crippen molar-refractivity contribution in [2.45, 2.75) is 31.7 Å². The van der Waals surface area contributed by atoms with E-state index in [1.54, 1.807) is 11.3 Å². The van der Waals surface area contributed by atoms with Crippen molar-refractivity contribution in [3.8, 4) is 0 Å². The van der Waals surface area contributed by atoms with E-state index in [0.717, 1.165) is 5.92 Å². The number of halogens is 1. The van der Waals surface area contributed by atoms with E-state index in [1.165, 1.54) is 31.2 Å². The van der Waals surface area contributed by atoms with Gasteiger partial charge in [0.25, 0.3) is 0 Å². The van der Waals surface area contributed by atoms with Crippen LogP contribution in [0.5, 0.6) is 0 Å². The number of hydrogen-bond acceptors (Lipinski definition) is 2. The van der Waals surface area contributed by atoms with E-state index in [0.29, 0.717) is 6.04 Å². The van der Waals surface area contributed by atoms with Gasteiger partial charge in [0, 0.05) is 6.04 Å². The van der Waals surface area contributed by atoms with Gasteiger partial charge in [-0.2, -0.15) is 11.3 Å². The predicted octanol–water partition coefficient (Wildman–Crippen LogP) is 3.36. The van der Waals surface area contributed by atoms with Crippen molar-refractivity contribution in [1.29, 1.82) is 0 Å². The lowest BCUT2D eigenvalue weighted by molar-refractivity contribution is 0.446. The minimum atomic E-state index is 0. The Bertz CT molecular complexity index is 229. The van der Waals surface area contributed by atoms with E-state index < -0.39 is 0 Å². The van der Waals surface area contributed by atoms with E-state index >= 15 is 0 Å². The number of nitrogens with two attached hydrogens (primary N) is 1. The highest BCUT2D eigenvalue weighted by Gasteiger charge is 2.22. The molecule has 3 heteroatoms. The van der Waals surface area contributed by atoms with Crippen LogP contribution in [-0.2, 0) is 0 Å². The zero-order chi connectivity index (χ0) is 8.39. The summed E-state index contributed by atoms with van der Waals surface area (Å²) in [5.41, 5.74) is 7.49. The van der Waals surface area contributed by atoms with Crippen molar-refractivity contribution in [2.24, 2.45) is 11.7 Å². The van der Waals surface area contributed by atoms with Gasteiger partial charge < -0.3 is 5.73 Å². The molecule has 1 fully saturated rings. The van der Waals surface area contributed by atoms with Crippen LogP contribution in [0.25, 0.3) is 0 Å². The van der Waals surface area contributed by atoms with E-state index in [-0.39, 0.29) is 12.4 Å². The monoisotopic (exact) mass is 217 g/mol. The third-order valence-corrected chi connectivity index (χ3v) is 3.54. The molecule has 1 aliphatic rings. The molecule has 1 aromatic heterocycles. The summed E-state index contributed by atoms with van der Waals surface area (Å²) in [6.07, 6.45) is 5.42. The van der Waals surface area contributed by atoms with Gasteiger partial charge >= 0.3 is 0 Å². The molecule has 1 aromatic rings. The first kappa shape index (κ1) is 11.0. The van der Waals surface area contributed by atoms with Crippen LogP contribution in [0.15, 0.2) is 16.8 Å². The van der Waals surface area contributed by atoms with Crippen LogP contribution in [0, 0.1) is 5.92 Å². The van der Waals surface area contributed by atoms with Gasteiger partial charge in [-0.05, 0) is 41.1 Å². The summed E-state index contributed by atoms with van der Waals surface area (Å²) >= 11 is 1.75. The summed E-state index contributed by atoms with van der Waals surface area (Å²) in [6, 6.07) is 2.46. The Morgan fingerprint density at radius 3 is 2.62 bits per heavy atom. The zero-order valence-electron chi connectivity index (χ0n) is 7.61. The van der Waals surface area contributed by atoms with E-state index in [4.69, 9.17) is 5.73 Å². The van der Waals surface area contributed by atoms with Crippen LogP contribution in [0.1, 0.15) is 37.3 Å². The maximum Gasteiger partial charge on any atom is 0.0331 e. The summed E-state index contributed by atoms with van der Waals surface area (Å²) in [5.74, 6) is 0.750. The summed E-state index contributed by atoms with van der Waals surface area (Å²) in [7, 11) is 0. The van der Waals surface area contributed by atoms with Gasteiger partial charge in [-0.15, -0.1) is 12.4 Å². The van der Waals surface area contributed by atoms with Crippen molar-refractivity contribution in [3.05, 3.63) is 22.4 Å². The van der Waals surface area contributed by atoms with E-state index in [2.05, 4.69) is 16.8 Å². The molecule has 2 rings (SSSR count). The smallest absolute Gasteiger partial charge is 0.0331 e. The number of rotatable bonds is 2. The minimum absolute atomic E-state index is 0. The molecular weight excluding hydrogens is 202 g/mol. The van der Waals surface area contributed by atoms with Crippen LogP contribution in [-0.4, -0.2) is 0 Å². The molecule has 0 aromatic carbocycles. The Balaban J connectivity index is 0.000000845. The van der Waals surface area contributed by atoms with Crippen molar-refractivity contribution in [1.82, 2.24) is 0 Å². The van der Waals surface area contributed by atoms with E-state index in [9.17, 15) is 0 Å². The second kappa shape index (κ2) is 4.99. The normalized spacial score (nSPS) is 19.8. The number of thiophene rings is 1. The Kier molecular flexibility index (Phi) is 4.23.